The minimum atomic E-state index is 0.402. The van der Waals surface area contributed by atoms with Gasteiger partial charge in [-0.25, -0.2) is 0 Å². The van der Waals surface area contributed by atoms with Crippen molar-refractivity contribution in [3.8, 4) is 0 Å². The molecule has 0 aliphatic carbocycles. The summed E-state index contributed by atoms with van der Waals surface area (Å²) in [5, 5.41) is 3.61. The van der Waals surface area contributed by atoms with Crippen molar-refractivity contribution in [2.75, 3.05) is 44.7 Å². The number of rotatable bonds is 2. The van der Waals surface area contributed by atoms with Gasteiger partial charge in [0, 0.05) is 30.8 Å². The van der Waals surface area contributed by atoms with E-state index >= 15 is 0 Å². The number of hydrogen-bond donors (Lipinski definition) is 1. The lowest BCUT2D eigenvalue weighted by Crippen LogP contribution is -2.45. The van der Waals surface area contributed by atoms with Crippen LogP contribution in [0.3, 0.4) is 0 Å². The summed E-state index contributed by atoms with van der Waals surface area (Å²) in [4.78, 5) is 2.66. The fourth-order valence-electron chi connectivity index (χ4n) is 4.16. The Hall–Kier alpha value is -1.06. The number of likely N-dealkylation sites (tertiary alicyclic amines) is 1. The van der Waals surface area contributed by atoms with Gasteiger partial charge in [0.15, 0.2) is 0 Å². The molecule has 1 spiro atoms. The number of piperidine rings is 1. The fraction of sp³-hybridized carbons (Fsp3) is 0.647. The predicted molar refractivity (Wildman–Crippen MR) is 81.2 cm³/mol. The van der Waals surface area contributed by atoms with Crippen molar-refractivity contribution in [3.05, 3.63) is 29.8 Å². The minimum absolute atomic E-state index is 0.402. The number of nitrogens with one attached hydrogen (secondary N) is 1. The van der Waals surface area contributed by atoms with E-state index in [-0.39, 0.29) is 0 Å². The summed E-state index contributed by atoms with van der Waals surface area (Å²) in [5.41, 5.74) is 3.33. The van der Waals surface area contributed by atoms with Gasteiger partial charge in [0.05, 0.1) is 6.61 Å². The van der Waals surface area contributed by atoms with Gasteiger partial charge in [0.2, 0.25) is 0 Å². The molecule has 0 amide bonds. The van der Waals surface area contributed by atoms with Crippen molar-refractivity contribution < 1.29 is 4.74 Å². The number of fused-ring (bicyclic) bond motifs is 2. The molecule has 0 unspecified atom stereocenters. The number of benzene rings is 1. The zero-order valence-electron chi connectivity index (χ0n) is 12.1. The van der Waals surface area contributed by atoms with Gasteiger partial charge in [0.25, 0.3) is 0 Å². The van der Waals surface area contributed by atoms with Crippen molar-refractivity contribution in [2.45, 2.75) is 24.7 Å². The first-order valence-electron chi connectivity index (χ1n) is 7.99. The van der Waals surface area contributed by atoms with E-state index in [1.165, 1.54) is 44.6 Å². The van der Waals surface area contributed by atoms with Gasteiger partial charge in [0.1, 0.15) is 0 Å². The van der Waals surface area contributed by atoms with E-state index in [1.807, 2.05) is 0 Å². The molecule has 2 fully saturated rings. The van der Waals surface area contributed by atoms with Crippen LogP contribution in [0.5, 0.6) is 0 Å². The highest BCUT2D eigenvalue weighted by atomic mass is 16.5. The Morgan fingerprint density at radius 1 is 1.25 bits per heavy atom. The summed E-state index contributed by atoms with van der Waals surface area (Å²) in [7, 11) is 0. The van der Waals surface area contributed by atoms with Gasteiger partial charge >= 0.3 is 0 Å². The van der Waals surface area contributed by atoms with Gasteiger partial charge in [-0.15, -0.1) is 0 Å². The first-order chi connectivity index (χ1) is 9.86. The maximum atomic E-state index is 5.50. The summed E-state index contributed by atoms with van der Waals surface area (Å²) in [6.07, 6.45) is 3.85. The summed E-state index contributed by atoms with van der Waals surface area (Å²) in [6, 6.07) is 8.89. The summed E-state index contributed by atoms with van der Waals surface area (Å²) in [6.45, 7) is 6.81. The molecule has 0 aromatic heterocycles. The smallest absolute Gasteiger partial charge is 0.0507 e. The SMILES string of the molecule is c1ccc2c(c1)NCC21CCN(C[C@H]2CCOC2)CC1. The van der Waals surface area contributed by atoms with Crippen molar-refractivity contribution in [1.29, 1.82) is 0 Å². The Balaban J connectivity index is 1.42. The maximum absolute atomic E-state index is 5.50. The second-order valence-corrected chi connectivity index (χ2v) is 6.71. The second kappa shape index (κ2) is 5.05. The Bertz CT molecular complexity index is 474. The van der Waals surface area contributed by atoms with Crippen LogP contribution in [0.15, 0.2) is 24.3 Å². The standard InChI is InChI=1S/C17H24N2O/c1-2-4-16-15(3-1)17(13-18-16)6-8-19(9-7-17)11-14-5-10-20-12-14/h1-4,14,18H,5-13H2/t14-/m1/s1. The number of nitrogens with zero attached hydrogens (tertiary/aromatic N) is 1. The third kappa shape index (κ3) is 2.13. The zero-order valence-corrected chi connectivity index (χ0v) is 12.1. The quantitative estimate of drug-likeness (QED) is 0.895. The largest absolute Gasteiger partial charge is 0.384 e. The molecule has 1 aromatic carbocycles. The summed E-state index contributed by atoms with van der Waals surface area (Å²) >= 11 is 0. The molecule has 2 saturated heterocycles. The number of para-hydroxylation sites is 1. The van der Waals surface area contributed by atoms with E-state index < -0.39 is 0 Å². The summed E-state index contributed by atoms with van der Waals surface area (Å²) < 4.78 is 5.50. The van der Waals surface area contributed by atoms with Crippen LogP contribution in [0.25, 0.3) is 0 Å². The van der Waals surface area contributed by atoms with Crippen LogP contribution in [0.1, 0.15) is 24.8 Å². The minimum Gasteiger partial charge on any atom is -0.384 e. The van der Waals surface area contributed by atoms with Crippen molar-refractivity contribution in [3.63, 3.8) is 0 Å². The number of hydrogen-bond acceptors (Lipinski definition) is 3. The van der Waals surface area contributed by atoms with Crippen LogP contribution in [-0.2, 0) is 10.2 Å². The Kier molecular flexibility index (Phi) is 3.20. The van der Waals surface area contributed by atoms with Crippen LogP contribution in [-0.4, -0.2) is 44.3 Å². The normalized spacial score (nSPS) is 28.5. The maximum Gasteiger partial charge on any atom is 0.0507 e. The van der Waals surface area contributed by atoms with Gasteiger partial charge in [-0.2, -0.15) is 0 Å². The van der Waals surface area contributed by atoms with Crippen LogP contribution >= 0.6 is 0 Å². The van der Waals surface area contributed by atoms with Crippen molar-refractivity contribution in [2.24, 2.45) is 5.92 Å². The molecule has 108 valence electrons. The first kappa shape index (κ1) is 12.7. The van der Waals surface area contributed by atoms with Crippen molar-refractivity contribution in [1.82, 2.24) is 4.90 Å². The molecular weight excluding hydrogens is 248 g/mol. The van der Waals surface area contributed by atoms with Gasteiger partial charge < -0.3 is 15.0 Å². The average molecular weight is 272 g/mol. The van der Waals surface area contributed by atoms with Gasteiger partial charge in [-0.3, -0.25) is 0 Å². The Labute approximate surface area is 121 Å². The monoisotopic (exact) mass is 272 g/mol. The van der Waals surface area contributed by atoms with E-state index in [4.69, 9.17) is 4.74 Å². The van der Waals surface area contributed by atoms with E-state index in [1.54, 1.807) is 5.56 Å². The lowest BCUT2D eigenvalue weighted by molar-refractivity contribution is 0.133. The van der Waals surface area contributed by atoms with E-state index in [2.05, 4.69) is 34.5 Å². The van der Waals surface area contributed by atoms with Gasteiger partial charge in [-0.05, 0) is 49.9 Å². The second-order valence-electron chi connectivity index (χ2n) is 6.71. The lowest BCUT2D eigenvalue weighted by atomic mass is 9.74. The fourth-order valence-corrected chi connectivity index (χ4v) is 4.16. The molecule has 20 heavy (non-hydrogen) atoms. The lowest BCUT2D eigenvalue weighted by Gasteiger charge is -2.40. The van der Waals surface area contributed by atoms with E-state index in [0.29, 0.717) is 5.41 Å². The highest BCUT2D eigenvalue weighted by molar-refractivity contribution is 5.60. The van der Waals surface area contributed by atoms with Gasteiger partial charge in [-0.1, -0.05) is 18.2 Å². The highest BCUT2D eigenvalue weighted by Crippen LogP contribution is 2.43. The molecule has 3 aliphatic heterocycles. The molecule has 0 saturated carbocycles. The summed E-state index contributed by atoms with van der Waals surface area (Å²) in [5.74, 6) is 0.776. The van der Waals surface area contributed by atoms with Crippen LogP contribution in [0.2, 0.25) is 0 Å². The molecular formula is C17H24N2O. The zero-order chi connectivity index (χ0) is 13.4. The number of ether oxygens (including phenoxy) is 1. The van der Waals surface area contributed by atoms with E-state index in [9.17, 15) is 0 Å². The molecule has 0 radical (unpaired) electrons. The van der Waals surface area contributed by atoms with E-state index in [0.717, 1.165) is 25.7 Å². The Morgan fingerprint density at radius 2 is 2.10 bits per heavy atom. The molecule has 0 bridgehead atoms. The molecule has 1 aromatic rings. The van der Waals surface area contributed by atoms with Crippen LogP contribution < -0.4 is 5.32 Å². The van der Waals surface area contributed by atoms with Crippen LogP contribution in [0, 0.1) is 5.92 Å². The molecule has 3 heterocycles. The third-order valence-electron chi connectivity index (χ3n) is 5.47. The Morgan fingerprint density at radius 3 is 2.90 bits per heavy atom. The molecule has 1 atom stereocenters. The molecule has 4 rings (SSSR count). The van der Waals surface area contributed by atoms with Crippen molar-refractivity contribution >= 4 is 5.69 Å². The molecule has 3 heteroatoms. The molecule has 1 N–H and O–H groups in total. The predicted octanol–water partition coefficient (Wildman–Crippen LogP) is 2.48. The number of anilines is 1. The third-order valence-corrected chi connectivity index (χ3v) is 5.47. The molecule has 3 aliphatic rings. The molecule has 3 nitrogen and oxygen atoms in total. The first-order valence-corrected chi connectivity index (χ1v) is 7.99. The highest BCUT2D eigenvalue weighted by Gasteiger charge is 2.41. The van der Waals surface area contributed by atoms with Crippen LogP contribution in [0.4, 0.5) is 5.69 Å². The average Bonchev–Trinajstić information content (AvgIpc) is 3.11. The topological polar surface area (TPSA) is 24.5 Å².